The van der Waals surface area contributed by atoms with Gasteiger partial charge in [-0.05, 0) is 18.3 Å². The van der Waals surface area contributed by atoms with Crippen molar-refractivity contribution in [1.29, 1.82) is 0 Å². The first kappa shape index (κ1) is 15.9. The molecule has 2 rings (SSSR count). The SMILES string of the molecule is C/C(Cl)=C/C1[C@@H](C(=O)Nc2cc(F)c(F)c(F)c2)C1(C)C. The Labute approximate surface area is 126 Å². The van der Waals surface area contributed by atoms with Crippen molar-refractivity contribution in [3.63, 3.8) is 0 Å². The van der Waals surface area contributed by atoms with Crippen LogP contribution in [-0.2, 0) is 4.79 Å². The standard InChI is InChI=1S/C15H15ClF3NO/c1-7(16)4-9-12(15(9,2)3)14(21)20-8-5-10(17)13(19)11(18)6-8/h4-6,9,12H,1-3H3,(H,20,21)/b7-4-/t9?,12-/m0/s1. The Morgan fingerprint density at radius 1 is 1.29 bits per heavy atom. The quantitative estimate of drug-likeness (QED) is 0.819. The van der Waals surface area contributed by atoms with Crippen LogP contribution in [0.15, 0.2) is 23.2 Å². The van der Waals surface area contributed by atoms with Crippen molar-refractivity contribution in [3.8, 4) is 0 Å². The number of carbonyl (C=O) groups is 1. The third-order valence-corrected chi connectivity index (χ3v) is 3.98. The summed E-state index contributed by atoms with van der Waals surface area (Å²) in [4.78, 5) is 12.2. The lowest BCUT2D eigenvalue weighted by Crippen LogP contribution is -2.17. The number of halogens is 4. The van der Waals surface area contributed by atoms with Crippen molar-refractivity contribution in [1.82, 2.24) is 0 Å². The second-order valence-electron chi connectivity index (χ2n) is 5.82. The average Bonchev–Trinajstić information content (AvgIpc) is 2.86. The van der Waals surface area contributed by atoms with Gasteiger partial charge in [-0.1, -0.05) is 31.5 Å². The van der Waals surface area contributed by atoms with E-state index < -0.39 is 17.5 Å². The molecule has 0 aromatic heterocycles. The summed E-state index contributed by atoms with van der Waals surface area (Å²) < 4.78 is 39.1. The molecule has 1 amide bonds. The Hall–Kier alpha value is -1.49. The first-order chi connectivity index (χ1) is 9.64. The minimum atomic E-state index is -1.56. The summed E-state index contributed by atoms with van der Waals surface area (Å²) in [7, 11) is 0. The molecular weight excluding hydrogens is 303 g/mol. The van der Waals surface area contributed by atoms with Crippen LogP contribution in [0.3, 0.4) is 0 Å². The highest BCUT2D eigenvalue weighted by molar-refractivity contribution is 6.29. The fourth-order valence-electron chi connectivity index (χ4n) is 2.58. The van der Waals surface area contributed by atoms with Crippen LogP contribution in [0.4, 0.5) is 18.9 Å². The van der Waals surface area contributed by atoms with E-state index in [2.05, 4.69) is 5.32 Å². The Bertz CT molecular complexity index is 600. The van der Waals surface area contributed by atoms with Crippen molar-refractivity contribution >= 4 is 23.2 Å². The topological polar surface area (TPSA) is 29.1 Å². The molecule has 1 aliphatic carbocycles. The van der Waals surface area contributed by atoms with Crippen LogP contribution >= 0.6 is 11.6 Å². The largest absolute Gasteiger partial charge is 0.326 e. The fraction of sp³-hybridized carbons (Fsp3) is 0.400. The van der Waals surface area contributed by atoms with E-state index in [1.54, 1.807) is 13.0 Å². The van der Waals surface area contributed by atoms with Gasteiger partial charge in [0.1, 0.15) is 0 Å². The van der Waals surface area contributed by atoms with E-state index in [0.29, 0.717) is 5.03 Å². The normalized spacial score (nSPS) is 23.9. The first-order valence-electron chi connectivity index (χ1n) is 6.44. The monoisotopic (exact) mass is 317 g/mol. The van der Waals surface area contributed by atoms with Gasteiger partial charge in [-0.3, -0.25) is 4.79 Å². The lowest BCUT2D eigenvalue weighted by Gasteiger charge is -2.07. The van der Waals surface area contributed by atoms with Crippen molar-refractivity contribution < 1.29 is 18.0 Å². The summed E-state index contributed by atoms with van der Waals surface area (Å²) in [6.45, 7) is 5.53. The number of allylic oxidation sites excluding steroid dienone is 2. The van der Waals surface area contributed by atoms with Crippen molar-refractivity contribution in [2.24, 2.45) is 17.3 Å². The zero-order valence-electron chi connectivity index (χ0n) is 11.8. The molecule has 1 aliphatic rings. The zero-order chi connectivity index (χ0) is 15.9. The lowest BCUT2D eigenvalue weighted by atomic mass is 10.1. The Kier molecular flexibility index (Phi) is 4.06. The molecule has 0 spiro atoms. The molecule has 2 atom stereocenters. The van der Waals surface area contributed by atoms with Crippen LogP contribution in [0.25, 0.3) is 0 Å². The molecule has 1 saturated carbocycles. The number of benzene rings is 1. The molecular formula is C15H15ClF3NO. The molecule has 114 valence electrons. The summed E-state index contributed by atoms with van der Waals surface area (Å²) in [6, 6.07) is 1.51. The number of amides is 1. The van der Waals surface area contributed by atoms with Crippen LogP contribution < -0.4 is 5.32 Å². The number of anilines is 1. The molecule has 0 saturated heterocycles. The Morgan fingerprint density at radius 2 is 1.81 bits per heavy atom. The summed E-state index contributed by atoms with van der Waals surface area (Å²) in [6.07, 6.45) is 1.79. The predicted octanol–water partition coefficient (Wildman–Crippen LogP) is 4.46. The lowest BCUT2D eigenvalue weighted by molar-refractivity contribution is -0.118. The molecule has 1 aromatic rings. The van der Waals surface area contributed by atoms with Gasteiger partial charge in [0.25, 0.3) is 0 Å². The third kappa shape index (κ3) is 3.07. The molecule has 1 fully saturated rings. The van der Waals surface area contributed by atoms with E-state index in [0.717, 1.165) is 12.1 Å². The van der Waals surface area contributed by atoms with Crippen molar-refractivity contribution in [2.75, 3.05) is 5.32 Å². The van der Waals surface area contributed by atoms with Crippen molar-refractivity contribution in [3.05, 3.63) is 40.7 Å². The maximum absolute atomic E-state index is 13.1. The van der Waals surface area contributed by atoms with Gasteiger partial charge in [0, 0.05) is 22.9 Å². The molecule has 0 heterocycles. The molecule has 0 bridgehead atoms. The number of hydrogen-bond donors (Lipinski definition) is 1. The van der Waals surface area contributed by atoms with Crippen molar-refractivity contribution in [2.45, 2.75) is 20.8 Å². The molecule has 2 nitrogen and oxygen atoms in total. The summed E-state index contributed by atoms with van der Waals surface area (Å²) in [5.41, 5.74) is -0.387. The van der Waals surface area contributed by atoms with Crippen LogP contribution in [-0.4, -0.2) is 5.91 Å². The summed E-state index contributed by atoms with van der Waals surface area (Å²) in [5, 5.41) is 3.00. The van der Waals surface area contributed by atoms with E-state index in [1.165, 1.54) is 0 Å². The highest BCUT2D eigenvalue weighted by atomic mass is 35.5. The number of nitrogens with one attached hydrogen (secondary N) is 1. The molecule has 6 heteroatoms. The molecule has 1 aromatic carbocycles. The molecule has 0 aliphatic heterocycles. The van der Waals surface area contributed by atoms with E-state index in [9.17, 15) is 18.0 Å². The van der Waals surface area contributed by atoms with Gasteiger partial charge in [0.15, 0.2) is 17.5 Å². The molecule has 1 unspecified atom stereocenters. The van der Waals surface area contributed by atoms with Crippen LogP contribution in [0.1, 0.15) is 20.8 Å². The maximum atomic E-state index is 13.1. The number of carbonyl (C=O) groups excluding carboxylic acids is 1. The smallest absolute Gasteiger partial charge is 0.228 e. The second kappa shape index (κ2) is 5.37. The zero-order valence-corrected chi connectivity index (χ0v) is 12.6. The number of rotatable bonds is 3. The minimum Gasteiger partial charge on any atom is -0.326 e. The Balaban J connectivity index is 2.15. The third-order valence-electron chi connectivity index (χ3n) is 3.85. The highest BCUT2D eigenvalue weighted by Crippen LogP contribution is 2.59. The minimum absolute atomic E-state index is 0.0369. The van der Waals surface area contributed by atoms with Crippen LogP contribution in [0, 0.1) is 34.7 Å². The van der Waals surface area contributed by atoms with E-state index in [4.69, 9.17) is 11.6 Å². The second-order valence-corrected chi connectivity index (χ2v) is 6.42. The highest BCUT2D eigenvalue weighted by Gasteiger charge is 2.60. The number of hydrogen-bond acceptors (Lipinski definition) is 1. The van der Waals surface area contributed by atoms with Crippen LogP contribution in [0.2, 0.25) is 0 Å². The van der Waals surface area contributed by atoms with E-state index in [-0.39, 0.29) is 28.8 Å². The van der Waals surface area contributed by atoms with E-state index >= 15 is 0 Å². The predicted molar refractivity (Wildman–Crippen MR) is 75.3 cm³/mol. The molecule has 1 N–H and O–H groups in total. The van der Waals surface area contributed by atoms with Crippen LogP contribution in [0.5, 0.6) is 0 Å². The van der Waals surface area contributed by atoms with Gasteiger partial charge in [-0.15, -0.1) is 0 Å². The average molecular weight is 318 g/mol. The van der Waals surface area contributed by atoms with Gasteiger partial charge in [0.2, 0.25) is 5.91 Å². The fourth-order valence-corrected chi connectivity index (χ4v) is 2.72. The van der Waals surface area contributed by atoms with Gasteiger partial charge >= 0.3 is 0 Å². The van der Waals surface area contributed by atoms with Gasteiger partial charge in [-0.25, -0.2) is 13.2 Å². The Morgan fingerprint density at radius 3 is 2.29 bits per heavy atom. The molecule has 21 heavy (non-hydrogen) atoms. The summed E-state index contributed by atoms with van der Waals surface area (Å²) in [5.74, 6) is -4.99. The van der Waals surface area contributed by atoms with Gasteiger partial charge in [0.05, 0.1) is 5.92 Å². The first-order valence-corrected chi connectivity index (χ1v) is 6.81. The van der Waals surface area contributed by atoms with Gasteiger partial charge in [-0.2, -0.15) is 0 Å². The molecule has 0 radical (unpaired) electrons. The maximum Gasteiger partial charge on any atom is 0.228 e. The summed E-state index contributed by atoms with van der Waals surface area (Å²) >= 11 is 5.82. The van der Waals surface area contributed by atoms with E-state index in [1.807, 2.05) is 13.8 Å². The van der Waals surface area contributed by atoms with Gasteiger partial charge < -0.3 is 5.32 Å².